The molecule has 1 fully saturated rings. The highest BCUT2D eigenvalue weighted by Gasteiger charge is 2.26. The number of likely N-dealkylation sites (tertiary alicyclic amines) is 1. The van der Waals surface area contributed by atoms with E-state index in [1.165, 1.54) is 23.5 Å². The first-order valence-corrected chi connectivity index (χ1v) is 9.14. The van der Waals surface area contributed by atoms with E-state index in [2.05, 4.69) is 4.98 Å². The lowest BCUT2D eigenvalue weighted by atomic mass is 9.91. The highest BCUT2D eigenvalue weighted by Crippen LogP contribution is 2.22. The number of nitrogens with two attached hydrogens (primary N) is 1. The first kappa shape index (κ1) is 17.0. The number of hydrogen-bond donors (Lipinski definition) is 1. The van der Waals surface area contributed by atoms with Crippen LogP contribution in [0, 0.1) is 11.7 Å². The summed E-state index contributed by atoms with van der Waals surface area (Å²) in [5.74, 6) is 0.252. The summed E-state index contributed by atoms with van der Waals surface area (Å²) in [6, 6.07) is 6.56. The Balaban J connectivity index is 1.61. The van der Waals surface area contributed by atoms with Crippen molar-refractivity contribution in [3.05, 3.63) is 51.7 Å². The van der Waals surface area contributed by atoms with E-state index in [-0.39, 0.29) is 17.8 Å². The fraction of sp³-hybridized carbons (Fsp3) is 0.444. The Hall–Kier alpha value is -1.79. The smallest absolute Gasteiger partial charge is 0.273 e. The molecular formula is C18H22FN3OS. The van der Waals surface area contributed by atoms with Gasteiger partial charge in [0.25, 0.3) is 5.91 Å². The third-order valence-electron chi connectivity index (χ3n) is 4.61. The van der Waals surface area contributed by atoms with Crippen LogP contribution in [0.25, 0.3) is 0 Å². The summed E-state index contributed by atoms with van der Waals surface area (Å²) in [6.45, 7) is 3.52. The molecule has 0 aliphatic carbocycles. The van der Waals surface area contributed by atoms with Gasteiger partial charge in [-0.25, -0.2) is 9.37 Å². The van der Waals surface area contributed by atoms with Crippen LogP contribution in [-0.4, -0.2) is 34.9 Å². The molecule has 128 valence electrons. The zero-order chi connectivity index (χ0) is 17.1. The van der Waals surface area contributed by atoms with Gasteiger partial charge in [0, 0.05) is 30.9 Å². The minimum atomic E-state index is -0.246. The summed E-state index contributed by atoms with van der Waals surface area (Å²) in [5, 5.41) is 2.69. The number of piperidine rings is 1. The maximum Gasteiger partial charge on any atom is 0.273 e. The normalized spacial score (nSPS) is 17.0. The zero-order valence-electron chi connectivity index (χ0n) is 13.7. The second-order valence-corrected chi connectivity index (χ2v) is 7.36. The minimum absolute atomic E-state index is 0.000249. The summed E-state index contributed by atoms with van der Waals surface area (Å²) in [6.07, 6.45) is 2.52. The summed E-state index contributed by atoms with van der Waals surface area (Å²) < 4.78 is 12.9. The van der Waals surface area contributed by atoms with Crippen LogP contribution in [0.3, 0.4) is 0 Å². The molecule has 1 unspecified atom stereocenters. The molecule has 0 spiro atoms. The number of nitrogens with zero attached hydrogens (tertiary/aromatic N) is 2. The molecule has 2 N–H and O–H groups in total. The summed E-state index contributed by atoms with van der Waals surface area (Å²) in [4.78, 5) is 18.9. The molecule has 2 heterocycles. The predicted molar refractivity (Wildman–Crippen MR) is 93.6 cm³/mol. The van der Waals surface area contributed by atoms with Crippen molar-refractivity contribution >= 4 is 17.2 Å². The van der Waals surface area contributed by atoms with Crippen LogP contribution in [0.1, 0.15) is 40.8 Å². The van der Waals surface area contributed by atoms with Crippen molar-refractivity contribution in [3.63, 3.8) is 0 Å². The number of carbonyl (C=O) groups is 1. The zero-order valence-corrected chi connectivity index (χ0v) is 14.6. The van der Waals surface area contributed by atoms with E-state index in [0.717, 1.165) is 36.5 Å². The molecule has 0 saturated carbocycles. The maximum absolute atomic E-state index is 12.9. The first-order chi connectivity index (χ1) is 11.5. The van der Waals surface area contributed by atoms with Crippen molar-refractivity contribution in [2.24, 2.45) is 11.7 Å². The summed E-state index contributed by atoms with van der Waals surface area (Å²) >= 11 is 1.47. The highest BCUT2D eigenvalue weighted by molar-refractivity contribution is 7.09. The van der Waals surface area contributed by atoms with Crippen molar-refractivity contribution in [1.29, 1.82) is 0 Å². The van der Waals surface area contributed by atoms with Crippen molar-refractivity contribution in [2.45, 2.75) is 32.2 Å². The van der Waals surface area contributed by atoms with E-state index < -0.39 is 0 Å². The van der Waals surface area contributed by atoms with E-state index >= 15 is 0 Å². The molecule has 1 atom stereocenters. The molecule has 1 aromatic carbocycles. The highest BCUT2D eigenvalue weighted by atomic mass is 32.1. The van der Waals surface area contributed by atoms with Gasteiger partial charge < -0.3 is 10.6 Å². The van der Waals surface area contributed by atoms with E-state index in [4.69, 9.17) is 5.73 Å². The van der Waals surface area contributed by atoms with Crippen LogP contribution in [0.5, 0.6) is 0 Å². The van der Waals surface area contributed by atoms with Crippen LogP contribution in [0.15, 0.2) is 29.6 Å². The molecule has 3 rings (SSSR count). The molecule has 0 radical (unpaired) electrons. The van der Waals surface area contributed by atoms with E-state index in [1.54, 1.807) is 12.1 Å². The average Bonchev–Trinajstić information content (AvgIpc) is 3.05. The number of rotatable bonds is 4. The molecule has 1 amide bonds. The van der Waals surface area contributed by atoms with Gasteiger partial charge in [-0.05, 0) is 43.4 Å². The lowest BCUT2D eigenvalue weighted by Gasteiger charge is -2.33. The van der Waals surface area contributed by atoms with Gasteiger partial charge in [0.05, 0.1) is 5.01 Å². The number of benzene rings is 1. The lowest BCUT2D eigenvalue weighted by molar-refractivity contribution is 0.0675. The Morgan fingerprint density at radius 1 is 1.38 bits per heavy atom. The Bertz CT molecular complexity index is 691. The van der Waals surface area contributed by atoms with Gasteiger partial charge in [0.1, 0.15) is 11.5 Å². The monoisotopic (exact) mass is 347 g/mol. The predicted octanol–water partition coefficient (Wildman–Crippen LogP) is 3.07. The molecule has 1 saturated heterocycles. The minimum Gasteiger partial charge on any atom is -0.337 e. The summed E-state index contributed by atoms with van der Waals surface area (Å²) in [7, 11) is 0. The molecule has 4 nitrogen and oxygen atoms in total. The number of aromatic nitrogens is 1. The second-order valence-electron chi connectivity index (χ2n) is 6.42. The molecule has 2 aromatic rings. The molecule has 24 heavy (non-hydrogen) atoms. The number of hydrogen-bond acceptors (Lipinski definition) is 4. The molecule has 1 aromatic heterocycles. The van der Waals surface area contributed by atoms with Crippen LogP contribution in [0.4, 0.5) is 4.39 Å². The van der Waals surface area contributed by atoms with Crippen LogP contribution < -0.4 is 5.73 Å². The van der Waals surface area contributed by atoms with Crippen molar-refractivity contribution < 1.29 is 9.18 Å². The van der Waals surface area contributed by atoms with Gasteiger partial charge in [-0.3, -0.25) is 4.79 Å². The fourth-order valence-corrected chi connectivity index (χ4v) is 3.86. The SMILES string of the molecule is CC(N)C1CCN(C(=O)c2csc(Cc3ccc(F)cc3)n2)CC1. The standard InChI is InChI=1S/C18H22FN3OS/c1-12(20)14-6-8-22(9-7-14)18(23)16-11-24-17(21-16)10-13-2-4-15(19)5-3-13/h2-5,11-12,14H,6-10,20H2,1H3. The molecule has 6 heteroatoms. The van der Waals surface area contributed by atoms with Crippen molar-refractivity contribution in [2.75, 3.05) is 13.1 Å². The van der Waals surface area contributed by atoms with Crippen LogP contribution >= 0.6 is 11.3 Å². The van der Waals surface area contributed by atoms with E-state index in [0.29, 0.717) is 18.0 Å². The van der Waals surface area contributed by atoms with Crippen molar-refractivity contribution in [1.82, 2.24) is 9.88 Å². The second kappa shape index (κ2) is 7.40. The first-order valence-electron chi connectivity index (χ1n) is 8.26. The number of amides is 1. The third kappa shape index (κ3) is 3.99. The number of carbonyl (C=O) groups excluding carboxylic acids is 1. The van der Waals surface area contributed by atoms with Gasteiger partial charge in [0.2, 0.25) is 0 Å². The van der Waals surface area contributed by atoms with Crippen LogP contribution in [-0.2, 0) is 6.42 Å². The van der Waals surface area contributed by atoms with Crippen LogP contribution in [0.2, 0.25) is 0 Å². The average molecular weight is 347 g/mol. The van der Waals surface area contributed by atoms with E-state index in [9.17, 15) is 9.18 Å². The molecule has 1 aliphatic heterocycles. The number of halogens is 1. The summed E-state index contributed by atoms with van der Waals surface area (Å²) in [5.41, 5.74) is 7.45. The maximum atomic E-state index is 12.9. The Kier molecular flexibility index (Phi) is 5.26. The van der Waals surface area contributed by atoms with E-state index in [1.807, 2.05) is 17.2 Å². The quantitative estimate of drug-likeness (QED) is 0.925. The Morgan fingerprint density at radius 3 is 2.67 bits per heavy atom. The largest absolute Gasteiger partial charge is 0.337 e. The molecule has 0 bridgehead atoms. The number of thiazole rings is 1. The topological polar surface area (TPSA) is 59.2 Å². The Morgan fingerprint density at radius 2 is 2.04 bits per heavy atom. The van der Waals surface area contributed by atoms with Crippen molar-refractivity contribution in [3.8, 4) is 0 Å². The lowest BCUT2D eigenvalue weighted by Crippen LogP contribution is -2.42. The third-order valence-corrected chi connectivity index (χ3v) is 5.46. The Labute approximate surface area is 145 Å². The van der Waals surface area contributed by atoms with Gasteiger partial charge in [-0.1, -0.05) is 12.1 Å². The van der Waals surface area contributed by atoms with Gasteiger partial charge in [-0.2, -0.15) is 0 Å². The van der Waals surface area contributed by atoms with Gasteiger partial charge in [-0.15, -0.1) is 11.3 Å². The fourth-order valence-electron chi connectivity index (χ4n) is 3.06. The van der Waals surface area contributed by atoms with Gasteiger partial charge >= 0.3 is 0 Å². The van der Waals surface area contributed by atoms with Gasteiger partial charge in [0.15, 0.2) is 0 Å². The molecular weight excluding hydrogens is 325 g/mol. The molecule has 1 aliphatic rings.